The molecule has 0 bridgehead atoms. The predicted octanol–water partition coefficient (Wildman–Crippen LogP) is 2.80. The van der Waals surface area contributed by atoms with Crippen LogP contribution in [-0.4, -0.2) is 54.3 Å². The third-order valence-corrected chi connectivity index (χ3v) is 7.42. The molecule has 1 N–H and O–H groups in total. The van der Waals surface area contributed by atoms with Gasteiger partial charge in [0.1, 0.15) is 0 Å². The molecule has 0 saturated carbocycles. The van der Waals surface area contributed by atoms with Gasteiger partial charge in [-0.2, -0.15) is 13.7 Å². The number of ether oxygens (including phenoxy) is 1. The number of nitrogens with one attached hydrogen (secondary N) is 1. The maximum Gasteiger partial charge on any atom is 0.243 e. The first kappa shape index (κ1) is 21.6. The van der Waals surface area contributed by atoms with Crippen molar-refractivity contribution in [1.29, 1.82) is 0 Å². The monoisotopic (exact) mass is 458 g/mol. The van der Waals surface area contributed by atoms with E-state index < -0.39 is 10.0 Å². The summed E-state index contributed by atoms with van der Waals surface area (Å²) in [4.78, 5) is 16.9. The molecule has 162 valence electrons. The van der Waals surface area contributed by atoms with Crippen molar-refractivity contribution in [2.75, 3.05) is 31.6 Å². The van der Waals surface area contributed by atoms with Crippen molar-refractivity contribution in [3.63, 3.8) is 0 Å². The van der Waals surface area contributed by atoms with Gasteiger partial charge in [-0.15, -0.1) is 0 Å². The highest BCUT2D eigenvalue weighted by molar-refractivity contribution is 7.89. The SMILES string of the molecule is O=C(CCc1ccc(S(=O)(=O)N2CCOCC2)cc1)Nc1nc(-c2ccccc2)ns1. The van der Waals surface area contributed by atoms with Crippen molar-refractivity contribution in [3.05, 3.63) is 60.2 Å². The van der Waals surface area contributed by atoms with E-state index in [-0.39, 0.29) is 17.2 Å². The lowest BCUT2D eigenvalue weighted by molar-refractivity contribution is -0.116. The highest BCUT2D eigenvalue weighted by Crippen LogP contribution is 2.21. The molecule has 1 saturated heterocycles. The first-order valence-corrected chi connectivity index (χ1v) is 12.1. The van der Waals surface area contributed by atoms with Crippen molar-refractivity contribution < 1.29 is 17.9 Å². The molecule has 0 radical (unpaired) electrons. The second-order valence-electron chi connectivity index (χ2n) is 7.00. The standard InChI is InChI=1S/C21H22N4O4S2/c26-19(22-21-23-20(24-30-21)17-4-2-1-3-5-17)11-8-16-6-9-18(10-7-16)31(27,28)25-12-14-29-15-13-25/h1-7,9-10H,8,11-15H2,(H,22,23,24,26). The van der Waals surface area contributed by atoms with Crippen LogP contribution in [0.15, 0.2) is 59.5 Å². The summed E-state index contributed by atoms with van der Waals surface area (Å²) in [6.45, 7) is 1.55. The Labute approximate surface area is 185 Å². The van der Waals surface area contributed by atoms with Crippen LogP contribution in [0.5, 0.6) is 0 Å². The minimum atomic E-state index is -3.51. The Bertz CT molecular complexity index is 1130. The Hall–Kier alpha value is -2.66. The lowest BCUT2D eigenvalue weighted by Crippen LogP contribution is -2.40. The maximum atomic E-state index is 12.7. The predicted molar refractivity (Wildman–Crippen MR) is 118 cm³/mol. The summed E-state index contributed by atoms with van der Waals surface area (Å²) in [7, 11) is -3.51. The zero-order valence-corrected chi connectivity index (χ0v) is 18.4. The van der Waals surface area contributed by atoms with Crippen LogP contribution < -0.4 is 5.32 Å². The summed E-state index contributed by atoms with van der Waals surface area (Å²) in [5, 5.41) is 3.23. The number of carbonyl (C=O) groups is 1. The van der Waals surface area contributed by atoms with E-state index in [0.717, 1.165) is 22.7 Å². The molecule has 4 rings (SSSR count). The Morgan fingerprint density at radius 3 is 2.48 bits per heavy atom. The third kappa shape index (κ3) is 5.34. The van der Waals surface area contributed by atoms with Crippen LogP contribution in [-0.2, 0) is 26.0 Å². The summed E-state index contributed by atoms with van der Waals surface area (Å²) < 4.78 is 36.3. The minimum Gasteiger partial charge on any atom is -0.379 e. The van der Waals surface area contributed by atoms with Crippen LogP contribution in [0, 0.1) is 0 Å². The van der Waals surface area contributed by atoms with E-state index in [1.54, 1.807) is 24.3 Å². The number of nitrogens with zero attached hydrogens (tertiary/aromatic N) is 3. The fourth-order valence-electron chi connectivity index (χ4n) is 3.18. The number of amides is 1. The Morgan fingerprint density at radius 2 is 1.77 bits per heavy atom. The molecule has 1 aliphatic rings. The van der Waals surface area contributed by atoms with E-state index in [9.17, 15) is 13.2 Å². The van der Waals surface area contributed by atoms with E-state index in [0.29, 0.717) is 43.7 Å². The van der Waals surface area contributed by atoms with Crippen LogP contribution in [0.1, 0.15) is 12.0 Å². The molecule has 1 fully saturated rings. The van der Waals surface area contributed by atoms with Crippen LogP contribution in [0.4, 0.5) is 5.13 Å². The number of sulfonamides is 1. The van der Waals surface area contributed by atoms with E-state index >= 15 is 0 Å². The fraction of sp³-hybridized carbons (Fsp3) is 0.286. The number of benzene rings is 2. The average Bonchev–Trinajstić information content (AvgIpc) is 3.27. The Morgan fingerprint density at radius 1 is 1.06 bits per heavy atom. The van der Waals surface area contributed by atoms with Gasteiger partial charge in [0.25, 0.3) is 0 Å². The quantitative estimate of drug-likeness (QED) is 0.584. The summed E-state index contributed by atoms with van der Waals surface area (Å²) in [5.41, 5.74) is 1.78. The molecule has 2 aromatic carbocycles. The van der Waals surface area contributed by atoms with Crippen LogP contribution in [0.2, 0.25) is 0 Å². The number of rotatable bonds is 7. The summed E-state index contributed by atoms with van der Waals surface area (Å²) in [6.07, 6.45) is 0.754. The van der Waals surface area contributed by atoms with E-state index in [4.69, 9.17) is 4.74 Å². The van der Waals surface area contributed by atoms with Gasteiger partial charge in [-0.3, -0.25) is 4.79 Å². The van der Waals surface area contributed by atoms with Gasteiger partial charge in [0.05, 0.1) is 18.1 Å². The van der Waals surface area contributed by atoms with Gasteiger partial charge in [0.15, 0.2) is 5.82 Å². The molecule has 1 amide bonds. The van der Waals surface area contributed by atoms with Crippen molar-refractivity contribution in [3.8, 4) is 11.4 Å². The summed E-state index contributed by atoms with van der Waals surface area (Å²) >= 11 is 1.14. The molecular formula is C21H22N4O4S2. The average molecular weight is 459 g/mol. The molecule has 10 heteroatoms. The second kappa shape index (κ2) is 9.65. The molecule has 1 aromatic heterocycles. The fourth-order valence-corrected chi connectivity index (χ4v) is 5.20. The molecule has 3 aromatic rings. The minimum absolute atomic E-state index is 0.166. The summed E-state index contributed by atoms with van der Waals surface area (Å²) in [5.74, 6) is 0.416. The second-order valence-corrected chi connectivity index (χ2v) is 9.69. The molecular weight excluding hydrogens is 436 g/mol. The zero-order valence-electron chi connectivity index (χ0n) is 16.7. The maximum absolute atomic E-state index is 12.7. The number of carbonyl (C=O) groups excluding carboxylic acids is 1. The Kier molecular flexibility index (Phi) is 6.71. The van der Waals surface area contributed by atoms with E-state index in [1.807, 2.05) is 30.3 Å². The van der Waals surface area contributed by atoms with E-state index in [1.165, 1.54) is 4.31 Å². The van der Waals surface area contributed by atoms with Crippen LogP contribution in [0.3, 0.4) is 0 Å². The first-order chi connectivity index (χ1) is 15.0. The molecule has 31 heavy (non-hydrogen) atoms. The number of hydrogen-bond donors (Lipinski definition) is 1. The highest BCUT2D eigenvalue weighted by Gasteiger charge is 2.26. The van der Waals surface area contributed by atoms with Crippen LogP contribution >= 0.6 is 11.5 Å². The topological polar surface area (TPSA) is 101 Å². The van der Waals surface area contributed by atoms with Gasteiger partial charge < -0.3 is 10.1 Å². The number of morpholine rings is 1. The largest absolute Gasteiger partial charge is 0.379 e. The van der Waals surface area contributed by atoms with Crippen molar-refractivity contribution in [2.45, 2.75) is 17.7 Å². The molecule has 8 nitrogen and oxygen atoms in total. The van der Waals surface area contributed by atoms with Gasteiger partial charge in [-0.1, -0.05) is 42.5 Å². The van der Waals surface area contributed by atoms with Gasteiger partial charge in [0.2, 0.25) is 21.1 Å². The zero-order chi connectivity index (χ0) is 21.7. The number of aryl methyl sites for hydroxylation is 1. The van der Waals surface area contributed by atoms with Gasteiger partial charge in [0, 0.05) is 36.6 Å². The molecule has 2 heterocycles. The van der Waals surface area contributed by atoms with Crippen molar-refractivity contribution >= 4 is 32.6 Å². The summed E-state index contributed by atoms with van der Waals surface area (Å²) in [6, 6.07) is 16.2. The van der Waals surface area contributed by atoms with E-state index in [2.05, 4.69) is 14.7 Å². The number of anilines is 1. The normalized spacial score (nSPS) is 15.0. The third-order valence-electron chi connectivity index (χ3n) is 4.88. The van der Waals surface area contributed by atoms with Crippen molar-refractivity contribution in [2.24, 2.45) is 0 Å². The molecule has 0 spiro atoms. The van der Waals surface area contributed by atoms with Crippen molar-refractivity contribution in [1.82, 2.24) is 13.7 Å². The first-order valence-electron chi connectivity index (χ1n) is 9.88. The van der Waals surface area contributed by atoms with Gasteiger partial charge >= 0.3 is 0 Å². The molecule has 0 atom stereocenters. The lowest BCUT2D eigenvalue weighted by Gasteiger charge is -2.26. The molecule has 0 aliphatic carbocycles. The lowest BCUT2D eigenvalue weighted by atomic mass is 10.1. The molecule has 0 unspecified atom stereocenters. The van der Waals surface area contributed by atoms with Crippen LogP contribution in [0.25, 0.3) is 11.4 Å². The number of aromatic nitrogens is 2. The molecule has 1 aliphatic heterocycles. The smallest absolute Gasteiger partial charge is 0.243 e. The highest BCUT2D eigenvalue weighted by atomic mass is 32.2. The van der Waals surface area contributed by atoms with Gasteiger partial charge in [-0.25, -0.2) is 8.42 Å². The number of hydrogen-bond acceptors (Lipinski definition) is 7. The van der Waals surface area contributed by atoms with Gasteiger partial charge in [-0.05, 0) is 24.1 Å². The Balaban J connectivity index is 1.31.